The second kappa shape index (κ2) is 7.51. The molecule has 0 atom stereocenters. The topological polar surface area (TPSA) is 74.3 Å². The molecular weight excluding hydrogens is 397 g/mol. The summed E-state index contributed by atoms with van der Waals surface area (Å²) >= 11 is 0. The fourth-order valence-corrected chi connectivity index (χ4v) is 4.07. The zero-order valence-electron chi connectivity index (χ0n) is 18.6. The third kappa shape index (κ3) is 4.06. The molecule has 1 aromatic carbocycles. The Kier molecular flexibility index (Phi) is 5.11. The minimum atomic E-state index is -0.553. The van der Waals surface area contributed by atoms with Crippen molar-refractivity contribution in [1.82, 2.24) is 19.9 Å². The summed E-state index contributed by atoms with van der Waals surface area (Å²) in [5.41, 5.74) is 0.832. The molecule has 3 heterocycles. The van der Waals surface area contributed by atoms with Crippen LogP contribution in [0.5, 0.6) is 0 Å². The van der Waals surface area contributed by atoms with E-state index in [1.54, 1.807) is 23.2 Å². The highest BCUT2D eigenvalue weighted by molar-refractivity contribution is 6.01. The SMILES string of the molecule is CC(C)(C)OC(=O)N1CCN(c2ncnc3[nH]cc(-c4ccccc4F)c23)CC1(C)C. The number of carbonyl (C=O) groups is 1. The van der Waals surface area contributed by atoms with Gasteiger partial charge in [0.2, 0.25) is 0 Å². The minimum absolute atomic E-state index is 0.298. The molecule has 0 unspecified atom stereocenters. The van der Waals surface area contributed by atoms with Crippen LogP contribution < -0.4 is 4.90 Å². The Labute approximate surface area is 181 Å². The summed E-state index contributed by atoms with van der Waals surface area (Å²) in [6, 6.07) is 6.67. The molecule has 1 N–H and O–H groups in total. The van der Waals surface area contributed by atoms with E-state index in [-0.39, 0.29) is 11.9 Å². The van der Waals surface area contributed by atoms with E-state index in [0.717, 1.165) is 16.8 Å². The van der Waals surface area contributed by atoms with Gasteiger partial charge in [-0.05, 0) is 40.7 Å². The van der Waals surface area contributed by atoms with Gasteiger partial charge in [-0.15, -0.1) is 0 Å². The molecule has 4 rings (SSSR count). The average molecular weight is 426 g/mol. The maximum Gasteiger partial charge on any atom is 0.410 e. The Morgan fingerprint density at radius 1 is 1.16 bits per heavy atom. The van der Waals surface area contributed by atoms with Gasteiger partial charge >= 0.3 is 6.09 Å². The number of fused-ring (bicyclic) bond motifs is 1. The second-order valence-electron chi connectivity index (χ2n) is 9.47. The fraction of sp³-hybridized carbons (Fsp3) is 0.435. The van der Waals surface area contributed by atoms with Gasteiger partial charge in [-0.2, -0.15) is 0 Å². The number of rotatable bonds is 2. The van der Waals surface area contributed by atoms with Crippen LogP contribution in [0.25, 0.3) is 22.2 Å². The maximum atomic E-state index is 14.5. The quantitative estimate of drug-likeness (QED) is 0.650. The largest absolute Gasteiger partial charge is 0.444 e. The molecule has 0 aliphatic carbocycles. The van der Waals surface area contributed by atoms with Crippen molar-refractivity contribution in [2.75, 3.05) is 24.5 Å². The van der Waals surface area contributed by atoms with Crippen molar-refractivity contribution in [3.63, 3.8) is 0 Å². The number of benzene rings is 1. The molecule has 1 amide bonds. The van der Waals surface area contributed by atoms with E-state index in [9.17, 15) is 9.18 Å². The van der Waals surface area contributed by atoms with Crippen LogP contribution in [0, 0.1) is 5.82 Å². The molecule has 31 heavy (non-hydrogen) atoms. The number of hydrogen-bond acceptors (Lipinski definition) is 5. The van der Waals surface area contributed by atoms with Crippen LogP contribution >= 0.6 is 0 Å². The smallest absolute Gasteiger partial charge is 0.410 e. The summed E-state index contributed by atoms with van der Waals surface area (Å²) < 4.78 is 20.1. The first kappa shape index (κ1) is 21.1. The van der Waals surface area contributed by atoms with Crippen LogP contribution in [0.4, 0.5) is 15.0 Å². The number of nitrogens with zero attached hydrogens (tertiary/aromatic N) is 4. The molecule has 3 aromatic rings. The van der Waals surface area contributed by atoms with Gasteiger partial charge in [-0.1, -0.05) is 18.2 Å². The molecule has 0 bridgehead atoms. The molecule has 2 aromatic heterocycles. The van der Waals surface area contributed by atoms with Crippen molar-refractivity contribution in [3.05, 3.63) is 42.6 Å². The maximum absolute atomic E-state index is 14.5. The van der Waals surface area contributed by atoms with Crippen LogP contribution in [0.15, 0.2) is 36.8 Å². The number of amides is 1. The van der Waals surface area contributed by atoms with Gasteiger partial charge in [-0.25, -0.2) is 19.2 Å². The van der Waals surface area contributed by atoms with Gasteiger partial charge in [-0.3, -0.25) is 4.90 Å². The lowest BCUT2D eigenvalue weighted by atomic mass is 9.98. The van der Waals surface area contributed by atoms with Gasteiger partial charge in [0.15, 0.2) is 0 Å². The van der Waals surface area contributed by atoms with Crippen LogP contribution in [0.3, 0.4) is 0 Å². The summed E-state index contributed by atoms with van der Waals surface area (Å²) in [6.07, 6.45) is 2.95. The number of aromatic nitrogens is 3. The molecule has 1 fully saturated rings. The normalized spacial score (nSPS) is 16.6. The lowest BCUT2D eigenvalue weighted by Gasteiger charge is -2.47. The van der Waals surface area contributed by atoms with Crippen LogP contribution in [0.1, 0.15) is 34.6 Å². The number of H-pyrrole nitrogens is 1. The number of piperazine rings is 1. The molecule has 8 heteroatoms. The Balaban J connectivity index is 1.69. The molecule has 1 aliphatic rings. The van der Waals surface area contributed by atoms with Crippen molar-refractivity contribution < 1.29 is 13.9 Å². The van der Waals surface area contributed by atoms with Crippen molar-refractivity contribution in [2.24, 2.45) is 0 Å². The zero-order chi connectivity index (χ0) is 22.4. The number of nitrogens with one attached hydrogen (secondary N) is 1. The predicted octanol–water partition coefficient (Wildman–Crippen LogP) is 4.60. The van der Waals surface area contributed by atoms with Gasteiger partial charge in [0, 0.05) is 37.0 Å². The lowest BCUT2D eigenvalue weighted by Crippen LogP contribution is -2.62. The Bertz CT molecular complexity index is 1120. The minimum Gasteiger partial charge on any atom is -0.444 e. The molecule has 0 spiro atoms. The first-order valence-corrected chi connectivity index (χ1v) is 10.4. The standard InChI is InChI=1S/C23H28FN5O2/c1-22(2,3)31-21(30)29-11-10-28(13-23(29,4)5)20-18-16(12-25-19(18)26-14-27-20)15-8-6-7-9-17(15)24/h6-9,12,14H,10-11,13H2,1-5H3,(H,25,26,27). The molecule has 1 saturated heterocycles. The number of anilines is 1. The predicted molar refractivity (Wildman–Crippen MR) is 119 cm³/mol. The second-order valence-corrected chi connectivity index (χ2v) is 9.47. The van der Waals surface area contributed by atoms with Gasteiger partial charge in [0.1, 0.15) is 29.2 Å². The van der Waals surface area contributed by atoms with Crippen molar-refractivity contribution in [1.29, 1.82) is 0 Å². The highest BCUT2D eigenvalue weighted by Crippen LogP contribution is 2.36. The Morgan fingerprint density at radius 3 is 2.58 bits per heavy atom. The zero-order valence-corrected chi connectivity index (χ0v) is 18.6. The summed E-state index contributed by atoms with van der Waals surface area (Å²) in [6.45, 7) is 11.2. The third-order valence-corrected chi connectivity index (χ3v) is 5.43. The molecule has 7 nitrogen and oxygen atoms in total. The molecule has 0 saturated carbocycles. The third-order valence-electron chi connectivity index (χ3n) is 5.43. The first-order chi connectivity index (χ1) is 14.6. The number of hydrogen-bond donors (Lipinski definition) is 1. The molecule has 0 radical (unpaired) electrons. The summed E-state index contributed by atoms with van der Waals surface area (Å²) in [5.74, 6) is 0.426. The van der Waals surface area contributed by atoms with E-state index in [4.69, 9.17) is 4.74 Å². The summed E-state index contributed by atoms with van der Waals surface area (Å²) in [4.78, 5) is 28.6. The highest BCUT2D eigenvalue weighted by Gasteiger charge is 2.40. The fourth-order valence-electron chi connectivity index (χ4n) is 4.07. The number of aromatic amines is 1. The first-order valence-electron chi connectivity index (χ1n) is 10.4. The Hall–Kier alpha value is -3.16. The Morgan fingerprint density at radius 2 is 1.90 bits per heavy atom. The van der Waals surface area contributed by atoms with E-state index in [2.05, 4.69) is 19.9 Å². The van der Waals surface area contributed by atoms with Crippen LogP contribution in [0.2, 0.25) is 0 Å². The monoisotopic (exact) mass is 425 g/mol. The van der Waals surface area contributed by atoms with Crippen LogP contribution in [-0.2, 0) is 4.74 Å². The van der Waals surface area contributed by atoms with Crippen molar-refractivity contribution >= 4 is 22.9 Å². The van der Waals surface area contributed by atoms with E-state index in [0.29, 0.717) is 30.8 Å². The molecular formula is C23H28FN5O2. The summed E-state index contributed by atoms with van der Waals surface area (Å²) in [5, 5.41) is 0.772. The van der Waals surface area contributed by atoms with Crippen molar-refractivity contribution in [2.45, 2.75) is 45.8 Å². The molecule has 164 valence electrons. The average Bonchev–Trinajstić information content (AvgIpc) is 3.10. The highest BCUT2D eigenvalue weighted by atomic mass is 19.1. The van der Waals surface area contributed by atoms with E-state index in [1.165, 1.54) is 12.4 Å². The van der Waals surface area contributed by atoms with E-state index in [1.807, 2.05) is 40.7 Å². The van der Waals surface area contributed by atoms with Gasteiger partial charge < -0.3 is 14.6 Å². The van der Waals surface area contributed by atoms with Crippen LogP contribution in [-0.4, -0.2) is 56.7 Å². The van der Waals surface area contributed by atoms with Gasteiger partial charge in [0.05, 0.1) is 10.9 Å². The lowest BCUT2D eigenvalue weighted by molar-refractivity contribution is 0.000335. The number of carbonyl (C=O) groups excluding carboxylic acids is 1. The van der Waals surface area contributed by atoms with Gasteiger partial charge in [0.25, 0.3) is 0 Å². The number of halogens is 1. The van der Waals surface area contributed by atoms with Crippen molar-refractivity contribution in [3.8, 4) is 11.1 Å². The van der Waals surface area contributed by atoms with E-state index >= 15 is 0 Å². The van der Waals surface area contributed by atoms with E-state index < -0.39 is 11.1 Å². The molecule has 1 aliphatic heterocycles. The number of ether oxygens (including phenoxy) is 1. The summed E-state index contributed by atoms with van der Waals surface area (Å²) in [7, 11) is 0.